The summed E-state index contributed by atoms with van der Waals surface area (Å²) in [5, 5.41) is 0.682. The zero-order valence-electron chi connectivity index (χ0n) is 14.9. The lowest BCUT2D eigenvalue weighted by Gasteiger charge is -2.30. The van der Waals surface area contributed by atoms with Crippen molar-refractivity contribution in [2.24, 2.45) is 0 Å². The van der Waals surface area contributed by atoms with E-state index in [0.717, 1.165) is 38.4 Å². The SMILES string of the molecule is Clc1cc2c(c(N(c3ccccc3)c3ccccc3)c1)Oc1ccccc1S2. The van der Waals surface area contributed by atoms with Gasteiger partial charge in [-0.1, -0.05) is 71.9 Å². The van der Waals surface area contributed by atoms with Gasteiger partial charge in [-0.15, -0.1) is 0 Å². The van der Waals surface area contributed by atoms with Gasteiger partial charge in [-0.05, 0) is 48.5 Å². The molecule has 1 heterocycles. The minimum atomic E-state index is 0.682. The fourth-order valence-electron chi connectivity index (χ4n) is 3.33. The molecule has 0 atom stereocenters. The molecule has 4 heteroatoms. The number of ether oxygens (including phenoxy) is 1. The largest absolute Gasteiger partial charge is 0.453 e. The summed E-state index contributed by atoms with van der Waals surface area (Å²) in [6, 6.07) is 32.5. The first-order chi connectivity index (χ1) is 13.8. The molecule has 0 unspecified atom stereocenters. The van der Waals surface area contributed by atoms with E-state index in [9.17, 15) is 0 Å². The van der Waals surface area contributed by atoms with E-state index in [1.807, 2.05) is 66.7 Å². The Kier molecular flexibility index (Phi) is 4.47. The fraction of sp³-hybridized carbons (Fsp3) is 0. The van der Waals surface area contributed by atoms with E-state index in [1.54, 1.807) is 11.8 Å². The highest BCUT2D eigenvalue weighted by Gasteiger charge is 2.25. The summed E-state index contributed by atoms with van der Waals surface area (Å²) in [4.78, 5) is 4.28. The van der Waals surface area contributed by atoms with Crippen LogP contribution in [0.2, 0.25) is 5.02 Å². The van der Waals surface area contributed by atoms with Gasteiger partial charge in [-0.25, -0.2) is 0 Å². The lowest BCUT2D eigenvalue weighted by Crippen LogP contribution is -2.12. The highest BCUT2D eigenvalue weighted by Crippen LogP contribution is 2.54. The molecule has 1 aliphatic heterocycles. The maximum absolute atomic E-state index is 6.53. The van der Waals surface area contributed by atoms with Crippen LogP contribution in [0.3, 0.4) is 0 Å². The molecule has 2 nitrogen and oxygen atoms in total. The standard InChI is InChI=1S/C24H16ClNOS/c25-17-15-20(24-23(16-17)28-22-14-8-7-13-21(22)27-24)26(18-9-3-1-4-10-18)19-11-5-2-6-12-19/h1-16H. The molecule has 0 fully saturated rings. The minimum absolute atomic E-state index is 0.682. The van der Waals surface area contributed by atoms with Gasteiger partial charge in [-0.2, -0.15) is 0 Å². The predicted octanol–water partition coefficient (Wildman–Crippen LogP) is 8.07. The lowest BCUT2D eigenvalue weighted by atomic mass is 10.1. The average molecular weight is 402 g/mol. The molecule has 0 radical (unpaired) electrons. The van der Waals surface area contributed by atoms with E-state index in [4.69, 9.17) is 16.3 Å². The summed E-state index contributed by atoms with van der Waals surface area (Å²) in [6.45, 7) is 0. The second-order valence-electron chi connectivity index (χ2n) is 6.41. The first-order valence-corrected chi connectivity index (χ1v) is 10.2. The number of nitrogens with zero attached hydrogens (tertiary/aromatic N) is 1. The van der Waals surface area contributed by atoms with E-state index in [1.165, 1.54) is 0 Å². The second kappa shape index (κ2) is 7.27. The normalized spacial score (nSPS) is 11.9. The Labute approximate surface area is 173 Å². The Hall–Kier alpha value is -2.88. The maximum atomic E-state index is 6.53. The topological polar surface area (TPSA) is 12.5 Å². The number of anilines is 3. The van der Waals surface area contributed by atoms with Gasteiger partial charge in [0.05, 0.1) is 15.5 Å². The van der Waals surface area contributed by atoms with Crippen molar-refractivity contribution >= 4 is 40.4 Å². The number of benzene rings is 4. The van der Waals surface area contributed by atoms with Crippen LogP contribution in [-0.2, 0) is 0 Å². The van der Waals surface area contributed by atoms with Crippen LogP contribution in [0.5, 0.6) is 11.5 Å². The van der Waals surface area contributed by atoms with Crippen molar-refractivity contribution in [3.63, 3.8) is 0 Å². The van der Waals surface area contributed by atoms with Crippen molar-refractivity contribution in [2.45, 2.75) is 9.79 Å². The molecule has 0 N–H and O–H groups in total. The molecule has 5 rings (SSSR count). The molecule has 0 aromatic heterocycles. The highest BCUT2D eigenvalue weighted by atomic mass is 35.5. The molecular formula is C24H16ClNOS. The number of hydrogen-bond acceptors (Lipinski definition) is 3. The number of para-hydroxylation sites is 3. The summed E-state index contributed by atoms with van der Waals surface area (Å²) in [5.41, 5.74) is 3.01. The van der Waals surface area contributed by atoms with Crippen LogP contribution in [0.25, 0.3) is 0 Å². The monoisotopic (exact) mass is 401 g/mol. The van der Waals surface area contributed by atoms with Gasteiger partial charge < -0.3 is 9.64 Å². The quantitative estimate of drug-likeness (QED) is 0.303. The van der Waals surface area contributed by atoms with Crippen LogP contribution >= 0.6 is 23.4 Å². The van der Waals surface area contributed by atoms with Crippen LogP contribution in [-0.4, -0.2) is 0 Å². The second-order valence-corrected chi connectivity index (χ2v) is 7.93. The summed E-state index contributed by atoms with van der Waals surface area (Å²) in [5.74, 6) is 1.69. The lowest BCUT2D eigenvalue weighted by molar-refractivity contribution is 0.456. The fourth-order valence-corrected chi connectivity index (χ4v) is 4.62. The van der Waals surface area contributed by atoms with Crippen LogP contribution < -0.4 is 9.64 Å². The molecule has 0 aliphatic carbocycles. The van der Waals surface area contributed by atoms with Crippen LogP contribution in [0.15, 0.2) is 107 Å². The van der Waals surface area contributed by atoms with Gasteiger partial charge in [0.1, 0.15) is 5.75 Å². The van der Waals surface area contributed by atoms with Crippen LogP contribution in [0, 0.1) is 0 Å². The Bertz CT molecular complexity index is 1090. The zero-order chi connectivity index (χ0) is 18.9. The van der Waals surface area contributed by atoms with Crippen molar-refractivity contribution < 1.29 is 4.74 Å². The summed E-state index contributed by atoms with van der Waals surface area (Å²) in [7, 11) is 0. The molecule has 28 heavy (non-hydrogen) atoms. The summed E-state index contributed by atoms with van der Waals surface area (Å²) in [6.07, 6.45) is 0. The van der Waals surface area contributed by atoms with Crippen molar-refractivity contribution in [3.05, 3.63) is 102 Å². The molecule has 0 spiro atoms. The molecule has 136 valence electrons. The molecule has 0 bridgehead atoms. The van der Waals surface area contributed by atoms with E-state index in [0.29, 0.717) is 5.02 Å². The number of hydrogen-bond donors (Lipinski definition) is 0. The van der Waals surface area contributed by atoms with Crippen molar-refractivity contribution in [2.75, 3.05) is 4.90 Å². The summed E-state index contributed by atoms with van der Waals surface area (Å²) < 4.78 is 6.37. The zero-order valence-corrected chi connectivity index (χ0v) is 16.5. The van der Waals surface area contributed by atoms with Crippen molar-refractivity contribution in [1.29, 1.82) is 0 Å². The third-order valence-corrected chi connectivity index (χ3v) is 5.85. The Morgan fingerprint density at radius 2 is 1.29 bits per heavy atom. The average Bonchev–Trinajstić information content (AvgIpc) is 2.74. The van der Waals surface area contributed by atoms with Gasteiger partial charge in [0.25, 0.3) is 0 Å². The van der Waals surface area contributed by atoms with Crippen LogP contribution in [0.4, 0.5) is 17.1 Å². The Morgan fingerprint density at radius 3 is 1.96 bits per heavy atom. The van der Waals surface area contributed by atoms with Gasteiger partial charge in [0.2, 0.25) is 0 Å². The third kappa shape index (κ3) is 3.13. The van der Waals surface area contributed by atoms with Crippen LogP contribution in [0.1, 0.15) is 0 Å². The minimum Gasteiger partial charge on any atom is -0.453 e. The Balaban J connectivity index is 1.72. The molecule has 0 amide bonds. The number of halogens is 1. The van der Waals surface area contributed by atoms with Crippen molar-refractivity contribution in [1.82, 2.24) is 0 Å². The Morgan fingerprint density at radius 1 is 0.679 bits per heavy atom. The predicted molar refractivity (Wildman–Crippen MR) is 117 cm³/mol. The van der Waals surface area contributed by atoms with Crippen molar-refractivity contribution in [3.8, 4) is 11.5 Å². The first-order valence-electron chi connectivity index (χ1n) is 8.98. The van der Waals surface area contributed by atoms with E-state index in [-0.39, 0.29) is 0 Å². The van der Waals surface area contributed by atoms with Gasteiger partial charge in [0, 0.05) is 16.4 Å². The highest BCUT2D eigenvalue weighted by molar-refractivity contribution is 7.99. The van der Waals surface area contributed by atoms with E-state index in [2.05, 4.69) is 35.2 Å². The maximum Gasteiger partial charge on any atom is 0.165 e. The first kappa shape index (κ1) is 17.2. The van der Waals surface area contributed by atoms with Gasteiger partial charge >= 0.3 is 0 Å². The van der Waals surface area contributed by atoms with Gasteiger partial charge in [-0.3, -0.25) is 0 Å². The molecule has 0 saturated carbocycles. The molecule has 0 saturated heterocycles. The third-order valence-electron chi connectivity index (χ3n) is 4.55. The number of fused-ring (bicyclic) bond motifs is 2. The molecule has 4 aromatic rings. The number of rotatable bonds is 3. The molecule has 4 aromatic carbocycles. The van der Waals surface area contributed by atoms with E-state index >= 15 is 0 Å². The van der Waals surface area contributed by atoms with E-state index < -0.39 is 0 Å². The molecular weight excluding hydrogens is 386 g/mol. The van der Waals surface area contributed by atoms with Gasteiger partial charge in [0.15, 0.2) is 5.75 Å². The summed E-state index contributed by atoms with van der Waals surface area (Å²) >= 11 is 8.21. The molecule has 1 aliphatic rings. The smallest absolute Gasteiger partial charge is 0.165 e.